The molecule has 1 atom stereocenters. The van der Waals surface area contributed by atoms with Crippen molar-refractivity contribution in [3.8, 4) is 0 Å². The lowest BCUT2D eigenvalue weighted by Crippen LogP contribution is -2.48. The normalized spacial score (nSPS) is 24.9. The highest BCUT2D eigenvalue weighted by Gasteiger charge is 2.41. The summed E-state index contributed by atoms with van der Waals surface area (Å²) in [6.45, 7) is 3.94. The zero-order valence-electron chi connectivity index (χ0n) is 11.7. The minimum absolute atomic E-state index is 0.0895. The summed E-state index contributed by atoms with van der Waals surface area (Å²) >= 11 is 0. The number of carboxylic acid groups (broad SMARTS) is 1. The van der Waals surface area contributed by atoms with Crippen molar-refractivity contribution in [2.45, 2.75) is 45.4 Å². The van der Waals surface area contributed by atoms with Crippen LogP contribution >= 0.6 is 0 Å². The molecular formula is C14H24N2O3. The molecule has 2 N–H and O–H groups in total. The van der Waals surface area contributed by atoms with E-state index in [0.29, 0.717) is 24.9 Å². The predicted octanol–water partition coefficient (Wildman–Crippen LogP) is 2.07. The molecule has 0 aromatic carbocycles. The maximum atomic E-state index is 12.1. The van der Waals surface area contributed by atoms with Crippen molar-refractivity contribution in [1.29, 1.82) is 0 Å². The maximum Gasteiger partial charge on any atom is 0.317 e. The third kappa shape index (κ3) is 3.61. The second-order valence-electron chi connectivity index (χ2n) is 6.03. The Hall–Kier alpha value is -1.26. The average molecular weight is 268 g/mol. The largest absolute Gasteiger partial charge is 0.481 e. The van der Waals surface area contributed by atoms with Crippen molar-refractivity contribution in [1.82, 2.24) is 10.2 Å². The summed E-state index contributed by atoms with van der Waals surface area (Å²) in [6.07, 6.45) is 6.20. The summed E-state index contributed by atoms with van der Waals surface area (Å²) in [5.41, 5.74) is 0.340. The molecule has 0 aromatic heterocycles. The summed E-state index contributed by atoms with van der Waals surface area (Å²) in [5.74, 6) is -1.19. The van der Waals surface area contributed by atoms with Gasteiger partial charge in [-0.05, 0) is 37.5 Å². The molecule has 1 aliphatic carbocycles. The number of hydrogen-bond acceptors (Lipinski definition) is 2. The highest BCUT2D eigenvalue weighted by atomic mass is 16.4. The van der Waals surface area contributed by atoms with Crippen LogP contribution in [0.2, 0.25) is 0 Å². The molecule has 0 aromatic rings. The van der Waals surface area contributed by atoms with Crippen molar-refractivity contribution < 1.29 is 14.7 Å². The Morgan fingerprint density at radius 1 is 1.42 bits per heavy atom. The Bertz CT molecular complexity index is 353. The van der Waals surface area contributed by atoms with Crippen molar-refractivity contribution in [2.75, 3.05) is 19.6 Å². The number of aliphatic carboxylic acids is 1. The lowest BCUT2D eigenvalue weighted by molar-refractivity contribution is -0.143. The molecule has 1 saturated heterocycles. The first-order valence-corrected chi connectivity index (χ1v) is 7.32. The number of urea groups is 1. The highest BCUT2D eigenvalue weighted by molar-refractivity contribution is 5.76. The number of likely N-dealkylation sites (tertiary alicyclic amines) is 1. The Morgan fingerprint density at radius 2 is 2.16 bits per heavy atom. The van der Waals surface area contributed by atoms with Gasteiger partial charge in [0.2, 0.25) is 0 Å². The van der Waals surface area contributed by atoms with Gasteiger partial charge < -0.3 is 15.3 Å². The van der Waals surface area contributed by atoms with Gasteiger partial charge in [-0.3, -0.25) is 4.79 Å². The number of piperidine rings is 1. The number of carbonyl (C=O) groups excluding carboxylic acids is 1. The highest BCUT2D eigenvalue weighted by Crippen LogP contribution is 2.48. The molecule has 5 nitrogen and oxygen atoms in total. The molecule has 5 heteroatoms. The van der Waals surface area contributed by atoms with Gasteiger partial charge in [0.1, 0.15) is 0 Å². The number of hydrogen-bond donors (Lipinski definition) is 2. The van der Waals surface area contributed by atoms with E-state index in [4.69, 9.17) is 5.11 Å². The SMILES string of the molecule is CCCC1(CNC(=O)N2CCCC(C(=O)O)C2)CC1. The quantitative estimate of drug-likeness (QED) is 0.802. The number of nitrogens with zero attached hydrogens (tertiary/aromatic N) is 1. The van der Waals surface area contributed by atoms with Gasteiger partial charge in [0, 0.05) is 19.6 Å². The third-order valence-corrected chi connectivity index (χ3v) is 4.41. The Labute approximate surface area is 114 Å². The number of carboxylic acids is 1. The summed E-state index contributed by atoms with van der Waals surface area (Å²) in [7, 11) is 0. The molecule has 108 valence electrons. The average Bonchev–Trinajstić information content (AvgIpc) is 3.17. The first-order chi connectivity index (χ1) is 9.06. The van der Waals surface area contributed by atoms with Gasteiger partial charge >= 0.3 is 12.0 Å². The van der Waals surface area contributed by atoms with Gasteiger partial charge in [0.05, 0.1) is 5.92 Å². The minimum Gasteiger partial charge on any atom is -0.481 e. The summed E-state index contributed by atoms with van der Waals surface area (Å²) in [5, 5.41) is 12.0. The van der Waals surface area contributed by atoms with Crippen LogP contribution in [0.25, 0.3) is 0 Å². The van der Waals surface area contributed by atoms with Crippen LogP contribution in [0.1, 0.15) is 45.4 Å². The van der Waals surface area contributed by atoms with Crippen molar-refractivity contribution in [3.05, 3.63) is 0 Å². The molecule has 19 heavy (non-hydrogen) atoms. The van der Waals surface area contributed by atoms with Crippen LogP contribution in [0.4, 0.5) is 4.79 Å². The van der Waals surface area contributed by atoms with Crippen LogP contribution in [-0.2, 0) is 4.79 Å². The fourth-order valence-electron chi connectivity index (χ4n) is 2.96. The summed E-state index contributed by atoms with van der Waals surface area (Å²) in [6, 6.07) is -0.0895. The van der Waals surface area contributed by atoms with E-state index in [1.165, 1.54) is 19.3 Å². The van der Waals surface area contributed by atoms with Crippen molar-refractivity contribution in [3.63, 3.8) is 0 Å². The standard InChI is InChI=1S/C14H24N2O3/c1-2-5-14(6-7-14)10-15-13(19)16-8-3-4-11(9-16)12(17)18/h11H,2-10H2,1H3,(H,15,19)(H,17,18). The van der Waals surface area contributed by atoms with E-state index < -0.39 is 11.9 Å². The topological polar surface area (TPSA) is 69.6 Å². The van der Waals surface area contributed by atoms with Gasteiger partial charge in [-0.25, -0.2) is 4.79 Å². The van der Waals surface area contributed by atoms with Crippen LogP contribution in [0.3, 0.4) is 0 Å². The molecule has 2 fully saturated rings. The van der Waals surface area contributed by atoms with Crippen LogP contribution in [0.15, 0.2) is 0 Å². The zero-order valence-corrected chi connectivity index (χ0v) is 11.7. The van der Waals surface area contributed by atoms with Crippen molar-refractivity contribution in [2.24, 2.45) is 11.3 Å². The molecule has 0 radical (unpaired) electrons. The number of rotatable bonds is 5. The van der Waals surface area contributed by atoms with Gasteiger partial charge in [-0.15, -0.1) is 0 Å². The molecule has 1 aliphatic heterocycles. The van der Waals surface area contributed by atoms with Crippen molar-refractivity contribution >= 4 is 12.0 Å². The molecule has 1 saturated carbocycles. The van der Waals surface area contributed by atoms with E-state index in [2.05, 4.69) is 12.2 Å². The fraction of sp³-hybridized carbons (Fsp3) is 0.857. The van der Waals surface area contributed by atoms with E-state index >= 15 is 0 Å². The lowest BCUT2D eigenvalue weighted by Gasteiger charge is -2.31. The molecule has 1 heterocycles. The van der Waals surface area contributed by atoms with Crippen LogP contribution in [-0.4, -0.2) is 41.6 Å². The first-order valence-electron chi connectivity index (χ1n) is 7.32. The second-order valence-corrected chi connectivity index (χ2v) is 6.03. The molecule has 0 spiro atoms. The molecule has 2 amide bonds. The lowest BCUT2D eigenvalue weighted by atomic mass is 9.98. The zero-order chi connectivity index (χ0) is 13.9. The van der Waals surface area contributed by atoms with Gasteiger partial charge in [0.15, 0.2) is 0 Å². The van der Waals surface area contributed by atoms with E-state index in [9.17, 15) is 9.59 Å². The van der Waals surface area contributed by atoms with E-state index in [1.54, 1.807) is 4.90 Å². The van der Waals surface area contributed by atoms with E-state index in [-0.39, 0.29) is 6.03 Å². The van der Waals surface area contributed by atoms with Crippen LogP contribution in [0.5, 0.6) is 0 Å². The molecule has 0 bridgehead atoms. The number of nitrogens with one attached hydrogen (secondary N) is 1. The smallest absolute Gasteiger partial charge is 0.317 e. The van der Waals surface area contributed by atoms with Crippen LogP contribution in [0, 0.1) is 11.3 Å². The monoisotopic (exact) mass is 268 g/mol. The predicted molar refractivity (Wildman–Crippen MR) is 71.9 cm³/mol. The van der Waals surface area contributed by atoms with Gasteiger partial charge in [-0.1, -0.05) is 13.3 Å². The number of amides is 2. The second kappa shape index (κ2) is 5.80. The molecule has 2 rings (SSSR count). The van der Waals surface area contributed by atoms with Gasteiger partial charge in [0.25, 0.3) is 0 Å². The number of carbonyl (C=O) groups is 2. The third-order valence-electron chi connectivity index (χ3n) is 4.41. The van der Waals surface area contributed by atoms with Gasteiger partial charge in [-0.2, -0.15) is 0 Å². The Morgan fingerprint density at radius 3 is 2.74 bits per heavy atom. The summed E-state index contributed by atoms with van der Waals surface area (Å²) in [4.78, 5) is 24.7. The van der Waals surface area contributed by atoms with E-state index in [0.717, 1.165) is 19.4 Å². The fourth-order valence-corrected chi connectivity index (χ4v) is 2.96. The molecule has 1 unspecified atom stereocenters. The molecular weight excluding hydrogens is 244 g/mol. The minimum atomic E-state index is -0.790. The van der Waals surface area contributed by atoms with Crippen LogP contribution < -0.4 is 5.32 Å². The maximum absolute atomic E-state index is 12.1. The first kappa shape index (κ1) is 14.2. The Kier molecular flexibility index (Phi) is 4.32. The Balaban J connectivity index is 1.78. The van der Waals surface area contributed by atoms with E-state index in [1.807, 2.05) is 0 Å². The molecule has 2 aliphatic rings. The summed E-state index contributed by atoms with van der Waals surface area (Å²) < 4.78 is 0.